The van der Waals surface area contributed by atoms with Crippen molar-refractivity contribution in [1.82, 2.24) is 9.29 Å². The van der Waals surface area contributed by atoms with Crippen molar-refractivity contribution in [2.75, 3.05) is 33.5 Å². The van der Waals surface area contributed by atoms with E-state index in [0.717, 1.165) is 6.07 Å². The first-order valence-electron chi connectivity index (χ1n) is 5.84. The van der Waals surface area contributed by atoms with E-state index in [4.69, 9.17) is 14.6 Å². The molecule has 0 saturated carbocycles. The molecule has 1 aromatic rings. The second-order valence-corrected chi connectivity index (χ2v) is 5.75. The number of methoxy groups -OCH3 is 1. The van der Waals surface area contributed by atoms with Crippen LogP contribution < -0.4 is 4.72 Å². The van der Waals surface area contributed by atoms with E-state index in [-0.39, 0.29) is 23.7 Å². The van der Waals surface area contributed by atoms with Gasteiger partial charge in [-0.05, 0) is 6.07 Å². The molecule has 2 N–H and O–H groups in total. The van der Waals surface area contributed by atoms with Gasteiger partial charge in [0, 0.05) is 26.9 Å². The lowest BCUT2D eigenvalue weighted by atomic mass is 10.4. The van der Waals surface area contributed by atoms with Gasteiger partial charge in [-0.3, -0.25) is 0 Å². The van der Waals surface area contributed by atoms with Gasteiger partial charge in [0.05, 0.1) is 19.8 Å². The highest BCUT2D eigenvalue weighted by Gasteiger charge is 2.19. The molecule has 0 atom stereocenters. The van der Waals surface area contributed by atoms with Crippen LogP contribution in [0.25, 0.3) is 0 Å². The number of hydrogen-bond donors (Lipinski definition) is 2. The minimum absolute atomic E-state index is 0.0886. The number of aromatic carboxylic acids is 1. The average molecular weight is 306 g/mol. The Morgan fingerprint density at radius 2 is 2.10 bits per heavy atom. The Hall–Kier alpha value is -1.42. The normalized spacial score (nSPS) is 11.7. The number of carboxylic acids is 1. The third kappa shape index (κ3) is 4.60. The molecule has 0 bridgehead atoms. The molecule has 0 spiro atoms. The minimum atomic E-state index is -3.73. The number of ether oxygens (including phenoxy) is 2. The highest BCUT2D eigenvalue weighted by molar-refractivity contribution is 7.89. The molecule has 9 heteroatoms. The zero-order chi connectivity index (χ0) is 15.2. The molecule has 8 nitrogen and oxygen atoms in total. The molecule has 114 valence electrons. The number of aryl methyl sites for hydroxylation is 1. The van der Waals surface area contributed by atoms with Gasteiger partial charge in [0.2, 0.25) is 10.0 Å². The Labute approximate surface area is 117 Å². The van der Waals surface area contributed by atoms with Crippen molar-refractivity contribution in [3.05, 3.63) is 18.0 Å². The summed E-state index contributed by atoms with van der Waals surface area (Å²) in [4.78, 5) is 10.8. The SMILES string of the molecule is COCCOCCNS(=O)(=O)c1cc(C(=O)O)n(C)c1. The fourth-order valence-electron chi connectivity index (χ4n) is 1.47. The number of nitrogens with zero attached hydrogens (tertiary/aromatic N) is 1. The number of nitrogens with one attached hydrogen (secondary N) is 1. The first-order chi connectivity index (χ1) is 9.38. The zero-order valence-electron chi connectivity index (χ0n) is 11.3. The summed E-state index contributed by atoms with van der Waals surface area (Å²) in [6.07, 6.45) is 1.25. The maximum Gasteiger partial charge on any atom is 0.352 e. The summed E-state index contributed by atoms with van der Waals surface area (Å²) in [7, 11) is -0.722. The number of aromatic nitrogens is 1. The minimum Gasteiger partial charge on any atom is -0.477 e. The number of rotatable bonds is 9. The molecule has 0 fully saturated rings. The van der Waals surface area contributed by atoms with E-state index in [9.17, 15) is 13.2 Å². The third-order valence-corrected chi connectivity index (χ3v) is 3.91. The van der Waals surface area contributed by atoms with Gasteiger partial charge in [0.25, 0.3) is 0 Å². The molecule has 1 heterocycles. The molecule has 0 aromatic carbocycles. The third-order valence-electron chi connectivity index (χ3n) is 2.48. The van der Waals surface area contributed by atoms with Gasteiger partial charge in [-0.1, -0.05) is 0 Å². The average Bonchev–Trinajstić information content (AvgIpc) is 2.76. The quantitative estimate of drug-likeness (QED) is 0.605. The largest absolute Gasteiger partial charge is 0.477 e. The van der Waals surface area contributed by atoms with Crippen molar-refractivity contribution in [2.24, 2.45) is 7.05 Å². The summed E-state index contributed by atoms with van der Waals surface area (Å²) in [6, 6.07) is 1.11. The molecule has 0 aliphatic carbocycles. The van der Waals surface area contributed by atoms with Crippen LogP contribution in [0, 0.1) is 0 Å². The second-order valence-electron chi connectivity index (χ2n) is 3.98. The van der Waals surface area contributed by atoms with Crippen LogP contribution in [0.2, 0.25) is 0 Å². The van der Waals surface area contributed by atoms with Gasteiger partial charge in [-0.25, -0.2) is 17.9 Å². The van der Waals surface area contributed by atoms with Gasteiger partial charge in [0.1, 0.15) is 10.6 Å². The van der Waals surface area contributed by atoms with Crippen LogP contribution in [0.5, 0.6) is 0 Å². The number of carboxylic acid groups (broad SMARTS) is 1. The van der Waals surface area contributed by atoms with Crippen LogP contribution >= 0.6 is 0 Å². The molecular weight excluding hydrogens is 288 g/mol. The summed E-state index contributed by atoms with van der Waals surface area (Å²) in [6.45, 7) is 1.13. The molecule has 1 aromatic heterocycles. The van der Waals surface area contributed by atoms with E-state index >= 15 is 0 Å². The first-order valence-corrected chi connectivity index (χ1v) is 7.33. The van der Waals surface area contributed by atoms with Crippen molar-refractivity contribution < 1.29 is 27.8 Å². The van der Waals surface area contributed by atoms with Crippen LogP contribution in [-0.2, 0) is 26.5 Å². The predicted molar refractivity (Wildman–Crippen MR) is 70.3 cm³/mol. The fraction of sp³-hybridized carbons (Fsp3) is 0.545. The number of carbonyl (C=O) groups is 1. The van der Waals surface area contributed by atoms with Crippen LogP contribution in [0.1, 0.15) is 10.5 Å². The van der Waals surface area contributed by atoms with E-state index in [1.807, 2.05) is 0 Å². The van der Waals surface area contributed by atoms with E-state index in [1.54, 1.807) is 7.11 Å². The lowest BCUT2D eigenvalue weighted by Crippen LogP contribution is -2.27. The number of hydrogen-bond acceptors (Lipinski definition) is 5. The van der Waals surface area contributed by atoms with Crippen LogP contribution in [0.15, 0.2) is 17.2 Å². The Morgan fingerprint density at radius 3 is 2.65 bits per heavy atom. The summed E-state index contributed by atoms with van der Waals surface area (Å²) in [5.74, 6) is -1.18. The Morgan fingerprint density at radius 1 is 1.40 bits per heavy atom. The van der Waals surface area contributed by atoms with Crippen molar-refractivity contribution in [1.29, 1.82) is 0 Å². The van der Waals surface area contributed by atoms with Gasteiger partial charge in [-0.15, -0.1) is 0 Å². The molecule has 1 rings (SSSR count). The molecule has 0 amide bonds. The van der Waals surface area contributed by atoms with E-state index in [1.165, 1.54) is 17.8 Å². The van der Waals surface area contributed by atoms with Crippen molar-refractivity contribution in [3.63, 3.8) is 0 Å². The van der Waals surface area contributed by atoms with E-state index in [0.29, 0.717) is 13.2 Å². The second kappa shape index (κ2) is 7.39. The van der Waals surface area contributed by atoms with Gasteiger partial charge < -0.3 is 19.1 Å². The zero-order valence-corrected chi connectivity index (χ0v) is 12.1. The van der Waals surface area contributed by atoms with E-state index < -0.39 is 16.0 Å². The lowest BCUT2D eigenvalue weighted by molar-refractivity contribution is 0.0686. The Bertz CT molecular complexity index is 551. The molecule has 0 radical (unpaired) electrons. The van der Waals surface area contributed by atoms with Crippen molar-refractivity contribution in [3.8, 4) is 0 Å². The van der Waals surface area contributed by atoms with Crippen LogP contribution in [-0.4, -0.2) is 57.5 Å². The molecule has 0 aliphatic heterocycles. The smallest absolute Gasteiger partial charge is 0.352 e. The monoisotopic (exact) mass is 306 g/mol. The Kier molecular flexibility index (Phi) is 6.14. The fourth-order valence-corrected chi connectivity index (χ4v) is 2.55. The van der Waals surface area contributed by atoms with Crippen LogP contribution in [0.3, 0.4) is 0 Å². The highest BCUT2D eigenvalue weighted by atomic mass is 32.2. The molecule has 0 saturated heterocycles. The molecular formula is C11H18N2O6S. The lowest BCUT2D eigenvalue weighted by Gasteiger charge is -2.05. The predicted octanol–water partition coefficient (Wildman–Crippen LogP) is -0.335. The van der Waals surface area contributed by atoms with Crippen molar-refractivity contribution in [2.45, 2.75) is 4.90 Å². The topological polar surface area (TPSA) is 107 Å². The highest BCUT2D eigenvalue weighted by Crippen LogP contribution is 2.13. The molecule has 20 heavy (non-hydrogen) atoms. The Balaban J connectivity index is 2.56. The van der Waals surface area contributed by atoms with Gasteiger partial charge in [-0.2, -0.15) is 0 Å². The van der Waals surface area contributed by atoms with Crippen LogP contribution in [0.4, 0.5) is 0 Å². The maximum absolute atomic E-state index is 11.9. The van der Waals surface area contributed by atoms with Gasteiger partial charge >= 0.3 is 5.97 Å². The summed E-state index contributed by atoms with van der Waals surface area (Å²) >= 11 is 0. The van der Waals surface area contributed by atoms with E-state index in [2.05, 4.69) is 4.72 Å². The van der Waals surface area contributed by atoms with Crippen molar-refractivity contribution >= 4 is 16.0 Å². The van der Waals surface area contributed by atoms with Gasteiger partial charge in [0.15, 0.2) is 0 Å². The standard InChI is InChI=1S/C11H18N2O6S/c1-13-8-9(7-10(13)11(14)15)20(16,17)12-3-4-19-6-5-18-2/h7-8,12H,3-6H2,1-2H3,(H,14,15). The summed E-state index contributed by atoms with van der Waals surface area (Å²) < 4.78 is 37.3. The maximum atomic E-state index is 11.9. The molecule has 0 unspecified atom stereocenters. The first kappa shape index (κ1) is 16.6. The summed E-state index contributed by atoms with van der Waals surface area (Å²) in [5, 5.41) is 8.87. The molecule has 0 aliphatic rings. The summed E-state index contributed by atoms with van der Waals surface area (Å²) in [5.41, 5.74) is -0.0956. The number of sulfonamides is 1.